The zero-order valence-electron chi connectivity index (χ0n) is 9.88. The van der Waals surface area contributed by atoms with Gasteiger partial charge in [-0.05, 0) is 46.7 Å². The van der Waals surface area contributed by atoms with E-state index in [2.05, 4.69) is 10.2 Å². The Morgan fingerprint density at radius 3 is 2.68 bits per heavy atom. The van der Waals surface area contributed by atoms with Crippen molar-refractivity contribution in [1.82, 2.24) is 10.2 Å². The van der Waals surface area contributed by atoms with E-state index < -0.39 is 6.10 Å². The molecule has 0 amide bonds. The van der Waals surface area contributed by atoms with Gasteiger partial charge in [0.1, 0.15) is 11.9 Å². The number of nitrogens with zero attached hydrogens (tertiary/aromatic N) is 1. The van der Waals surface area contributed by atoms with Crippen LogP contribution in [0.2, 0.25) is 0 Å². The van der Waals surface area contributed by atoms with Crippen molar-refractivity contribution in [3.8, 4) is 11.3 Å². The molecule has 2 N–H and O–H groups in total. The Bertz CT molecular complexity index is 661. The summed E-state index contributed by atoms with van der Waals surface area (Å²) in [5.41, 5.74) is 3.02. The molecule has 0 aliphatic heterocycles. The van der Waals surface area contributed by atoms with Crippen LogP contribution in [0.25, 0.3) is 11.3 Å². The Labute approximate surface area is 113 Å². The third-order valence-corrected chi connectivity index (χ3v) is 3.66. The van der Waals surface area contributed by atoms with Gasteiger partial charge in [-0.2, -0.15) is 16.4 Å². The molecule has 0 fully saturated rings. The number of benzene rings is 1. The zero-order chi connectivity index (χ0) is 13.2. The molecule has 0 radical (unpaired) electrons. The number of hydrogen-bond donors (Lipinski definition) is 2. The number of halogens is 1. The van der Waals surface area contributed by atoms with Crippen LogP contribution in [0.5, 0.6) is 0 Å². The third kappa shape index (κ3) is 2.30. The van der Waals surface area contributed by atoms with E-state index in [-0.39, 0.29) is 5.82 Å². The van der Waals surface area contributed by atoms with E-state index in [0.29, 0.717) is 11.3 Å². The maximum Gasteiger partial charge on any atom is 0.123 e. The molecule has 19 heavy (non-hydrogen) atoms. The molecule has 1 aromatic carbocycles. The van der Waals surface area contributed by atoms with E-state index >= 15 is 0 Å². The van der Waals surface area contributed by atoms with E-state index in [9.17, 15) is 9.50 Å². The van der Waals surface area contributed by atoms with Crippen LogP contribution in [0.15, 0.2) is 47.3 Å². The lowest BCUT2D eigenvalue weighted by Gasteiger charge is -2.09. The maximum absolute atomic E-state index is 12.9. The predicted octanol–water partition coefficient (Wildman–Crippen LogP) is 3.36. The molecule has 1 atom stereocenters. The van der Waals surface area contributed by atoms with Gasteiger partial charge in [-0.25, -0.2) is 4.39 Å². The lowest BCUT2D eigenvalue weighted by atomic mass is 10.0. The predicted molar refractivity (Wildman–Crippen MR) is 72.4 cm³/mol. The minimum Gasteiger partial charge on any atom is -0.383 e. The molecule has 0 spiro atoms. The highest BCUT2D eigenvalue weighted by atomic mass is 32.1. The van der Waals surface area contributed by atoms with Gasteiger partial charge in [0.15, 0.2) is 0 Å². The number of hydrogen-bond acceptors (Lipinski definition) is 3. The molecule has 3 rings (SSSR count). The highest BCUT2D eigenvalue weighted by Crippen LogP contribution is 2.30. The number of aliphatic hydroxyl groups is 1. The molecule has 0 saturated carbocycles. The number of thiophene rings is 1. The third-order valence-electron chi connectivity index (χ3n) is 2.96. The fraction of sp³-hybridized carbons (Fsp3) is 0.0714. The lowest BCUT2D eigenvalue weighted by Crippen LogP contribution is -1.98. The summed E-state index contributed by atoms with van der Waals surface area (Å²) in [4.78, 5) is 0. The van der Waals surface area contributed by atoms with Crippen molar-refractivity contribution >= 4 is 11.3 Å². The van der Waals surface area contributed by atoms with E-state index in [1.807, 2.05) is 16.8 Å². The van der Waals surface area contributed by atoms with Gasteiger partial charge < -0.3 is 5.11 Å². The van der Waals surface area contributed by atoms with Gasteiger partial charge >= 0.3 is 0 Å². The summed E-state index contributed by atoms with van der Waals surface area (Å²) in [7, 11) is 0. The number of aromatic amines is 1. The lowest BCUT2D eigenvalue weighted by molar-refractivity contribution is 0.221. The van der Waals surface area contributed by atoms with Crippen LogP contribution in [0.1, 0.15) is 17.2 Å². The molecule has 2 aromatic heterocycles. The quantitative estimate of drug-likeness (QED) is 0.769. The summed E-state index contributed by atoms with van der Waals surface area (Å²) in [6, 6.07) is 7.96. The van der Waals surface area contributed by atoms with Crippen molar-refractivity contribution < 1.29 is 9.50 Å². The molecule has 1 unspecified atom stereocenters. The fourth-order valence-electron chi connectivity index (χ4n) is 1.96. The topological polar surface area (TPSA) is 48.9 Å². The average Bonchev–Trinajstić information content (AvgIpc) is 3.10. The van der Waals surface area contributed by atoms with Gasteiger partial charge in [0.05, 0.1) is 11.9 Å². The van der Waals surface area contributed by atoms with E-state index in [4.69, 9.17) is 0 Å². The minimum atomic E-state index is -0.731. The van der Waals surface area contributed by atoms with Gasteiger partial charge in [0.2, 0.25) is 0 Å². The first-order chi connectivity index (χ1) is 9.25. The van der Waals surface area contributed by atoms with Crippen LogP contribution in [0.4, 0.5) is 4.39 Å². The molecule has 0 aliphatic rings. The summed E-state index contributed by atoms with van der Waals surface area (Å²) in [6.07, 6.45) is 0.867. The Morgan fingerprint density at radius 1 is 1.21 bits per heavy atom. The smallest absolute Gasteiger partial charge is 0.123 e. The van der Waals surface area contributed by atoms with Crippen LogP contribution in [-0.2, 0) is 0 Å². The second-order valence-corrected chi connectivity index (χ2v) is 4.95. The molecular formula is C14H11FN2OS. The van der Waals surface area contributed by atoms with Crippen LogP contribution in [-0.4, -0.2) is 15.3 Å². The Morgan fingerprint density at radius 2 is 2.00 bits per heavy atom. The van der Waals surface area contributed by atoms with Crippen molar-refractivity contribution in [3.63, 3.8) is 0 Å². The average molecular weight is 274 g/mol. The second kappa shape index (κ2) is 4.95. The molecule has 0 aliphatic carbocycles. The molecule has 96 valence electrons. The van der Waals surface area contributed by atoms with Crippen molar-refractivity contribution in [1.29, 1.82) is 0 Å². The Hall–Kier alpha value is -1.98. The summed E-state index contributed by atoms with van der Waals surface area (Å²) >= 11 is 1.53. The molecular weight excluding hydrogens is 263 g/mol. The van der Waals surface area contributed by atoms with Gasteiger partial charge in [-0.15, -0.1) is 0 Å². The number of aromatic nitrogens is 2. The van der Waals surface area contributed by atoms with E-state index in [1.54, 1.807) is 18.3 Å². The Kier molecular flexibility index (Phi) is 3.15. The largest absolute Gasteiger partial charge is 0.383 e. The summed E-state index contributed by atoms with van der Waals surface area (Å²) in [5.74, 6) is -0.289. The normalized spacial score (nSPS) is 12.5. The summed E-state index contributed by atoms with van der Waals surface area (Å²) in [6.45, 7) is 0. The van der Waals surface area contributed by atoms with Gasteiger partial charge in [-0.3, -0.25) is 5.10 Å². The first-order valence-electron chi connectivity index (χ1n) is 5.75. The number of rotatable bonds is 3. The first kappa shape index (κ1) is 12.1. The van der Waals surface area contributed by atoms with Crippen molar-refractivity contribution in [2.24, 2.45) is 0 Å². The number of aliphatic hydroxyl groups excluding tert-OH is 1. The highest BCUT2D eigenvalue weighted by Gasteiger charge is 2.17. The number of H-pyrrole nitrogens is 1. The van der Waals surface area contributed by atoms with Gasteiger partial charge in [0.25, 0.3) is 0 Å². The molecule has 2 heterocycles. The van der Waals surface area contributed by atoms with Gasteiger partial charge in [-0.1, -0.05) is 0 Å². The second-order valence-electron chi connectivity index (χ2n) is 4.17. The van der Waals surface area contributed by atoms with Crippen LogP contribution >= 0.6 is 11.3 Å². The first-order valence-corrected chi connectivity index (χ1v) is 6.69. The van der Waals surface area contributed by atoms with Crippen LogP contribution in [0.3, 0.4) is 0 Å². The van der Waals surface area contributed by atoms with E-state index in [1.165, 1.54) is 23.5 Å². The molecule has 5 heteroatoms. The van der Waals surface area contributed by atoms with Crippen LogP contribution < -0.4 is 0 Å². The van der Waals surface area contributed by atoms with Crippen molar-refractivity contribution in [3.05, 3.63) is 64.2 Å². The van der Waals surface area contributed by atoms with Crippen molar-refractivity contribution in [2.75, 3.05) is 0 Å². The SMILES string of the molecule is OC(c1ccsc1)c1cn[nH]c1-c1ccc(F)cc1. The molecule has 3 nitrogen and oxygen atoms in total. The molecule has 0 saturated heterocycles. The van der Waals surface area contributed by atoms with Gasteiger partial charge in [0, 0.05) is 11.1 Å². The van der Waals surface area contributed by atoms with Crippen molar-refractivity contribution in [2.45, 2.75) is 6.10 Å². The Balaban J connectivity index is 2.01. The maximum atomic E-state index is 12.9. The fourth-order valence-corrected chi connectivity index (χ4v) is 2.64. The van der Waals surface area contributed by atoms with Crippen LogP contribution in [0, 0.1) is 5.82 Å². The number of nitrogens with one attached hydrogen (secondary N) is 1. The molecule has 3 aromatic rings. The monoisotopic (exact) mass is 274 g/mol. The molecule has 0 bridgehead atoms. The highest BCUT2D eigenvalue weighted by molar-refractivity contribution is 7.07. The summed E-state index contributed by atoms with van der Waals surface area (Å²) < 4.78 is 12.9. The summed E-state index contributed by atoms with van der Waals surface area (Å²) in [5, 5.41) is 21.0. The zero-order valence-corrected chi connectivity index (χ0v) is 10.7. The van der Waals surface area contributed by atoms with E-state index in [0.717, 1.165) is 11.1 Å². The minimum absolute atomic E-state index is 0.289. The standard InChI is InChI=1S/C14H11FN2OS/c15-11-3-1-9(2-4-11)13-12(7-16-17-13)14(18)10-5-6-19-8-10/h1-8,14,18H,(H,16,17).